The molecule has 0 atom stereocenters. The molecule has 1 aromatic carbocycles. The van der Waals surface area contributed by atoms with Crippen LogP contribution < -0.4 is 0 Å². The van der Waals surface area contributed by atoms with E-state index < -0.39 is 0 Å². The van der Waals surface area contributed by atoms with Crippen molar-refractivity contribution >= 4 is 10.9 Å². The largest absolute Gasteiger partial charge is 0.395 e. The molecule has 1 aliphatic heterocycles. The van der Waals surface area contributed by atoms with Crippen LogP contribution in [0.5, 0.6) is 0 Å². The molecule has 0 amide bonds. The molecular formula is C28H32N4O. The molecule has 5 nitrogen and oxygen atoms in total. The summed E-state index contributed by atoms with van der Waals surface area (Å²) in [6.45, 7) is 9.37. The number of rotatable bonds is 5. The van der Waals surface area contributed by atoms with Crippen molar-refractivity contribution in [2.45, 2.75) is 39.5 Å². The summed E-state index contributed by atoms with van der Waals surface area (Å²) in [4.78, 5) is 15.3. The van der Waals surface area contributed by atoms with Crippen molar-refractivity contribution in [1.82, 2.24) is 19.9 Å². The molecule has 0 unspecified atom stereocenters. The van der Waals surface area contributed by atoms with E-state index in [9.17, 15) is 0 Å². The molecule has 4 aromatic rings. The van der Waals surface area contributed by atoms with Gasteiger partial charge in [-0.1, -0.05) is 18.2 Å². The Bertz CT molecular complexity index is 1250. The number of H-pyrrole nitrogens is 1. The number of likely N-dealkylation sites (tertiary alicyclic amines) is 1. The van der Waals surface area contributed by atoms with E-state index in [0.717, 1.165) is 60.6 Å². The van der Waals surface area contributed by atoms with Crippen LogP contribution in [0.1, 0.15) is 41.4 Å². The second kappa shape index (κ2) is 9.08. The highest BCUT2D eigenvalue weighted by molar-refractivity contribution is 5.93. The number of pyridine rings is 2. The van der Waals surface area contributed by atoms with Crippen molar-refractivity contribution in [2.24, 2.45) is 0 Å². The van der Waals surface area contributed by atoms with Gasteiger partial charge in [0.15, 0.2) is 0 Å². The molecule has 0 aliphatic carbocycles. The van der Waals surface area contributed by atoms with Crippen molar-refractivity contribution in [3.63, 3.8) is 0 Å². The van der Waals surface area contributed by atoms with E-state index >= 15 is 0 Å². The lowest BCUT2D eigenvalue weighted by Crippen LogP contribution is -2.35. The van der Waals surface area contributed by atoms with E-state index in [2.05, 4.69) is 64.3 Å². The van der Waals surface area contributed by atoms with E-state index in [4.69, 9.17) is 10.1 Å². The maximum absolute atomic E-state index is 9.14. The average molecular weight is 441 g/mol. The zero-order valence-electron chi connectivity index (χ0n) is 19.7. The lowest BCUT2D eigenvalue weighted by atomic mass is 9.92. The summed E-state index contributed by atoms with van der Waals surface area (Å²) in [5, 5.41) is 10.4. The molecule has 5 rings (SSSR count). The molecule has 0 saturated carbocycles. The van der Waals surface area contributed by atoms with Gasteiger partial charge in [0.05, 0.1) is 6.61 Å². The Morgan fingerprint density at radius 1 is 0.939 bits per heavy atom. The first-order chi connectivity index (χ1) is 16.0. The minimum absolute atomic E-state index is 0.242. The van der Waals surface area contributed by atoms with Crippen LogP contribution in [0, 0.1) is 20.8 Å². The van der Waals surface area contributed by atoms with Gasteiger partial charge in [0.2, 0.25) is 0 Å². The summed E-state index contributed by atoms with van der Waals surface area (Å²) >= 11 is 0. The second-order valence-corrected chi connectivity index (χ2v) is 9.34. The van der Waals surface area contributed by atoms with Crippen molar-refractivity contribution < 1.29 is 5.11 Å². The van der Waals surface area contributed by atoms with Gasteiger partial charge in [0.1, 0.15) is 0 Å². The van der Waals surface area contributed by atoms with Gasteiger partial charge in [-0.05, 0) is 82.1 Å². The van der Waals surface area contributed by atoms with E-state index in [1.54, 1.807) is 0 Å². The molecule has 1 saturated heterocycles. The van der Waals surface area contributed by atoms with Gasteiger partial charge in [0.25, 0.3) is 0 Å². The molecule has 4 heterocycles. The summed E-state index contributed by atoms with van der Waals surface area (Å²) < 4.78 is 0. The molecule has 0 bridgehead atoms. The Labute approximate surface area is 195 Å². The number of aromatic amines is 1. The highest BCUT2D eigenvalue weighted by Gasteiger charge is 2.21. The van der Waals surface area contributed by atoms with Crippen LogP contribution in [0.4, 0.5) is 0 Å². The molecule has 0 spiro atoms. The molecule has 3 aromatic heterocycles. The number of fused-ring (bicyclic) bond motifs is 1. The number of benzene rings is 1. The third-order valence-electron chi connectivity index (χ3n) is 6.97. The molecule has 1 aliphatic rings. The standard InChI is InChI=1S/C28H32N4O/c1-18-14-24(15-19(2)30-18)28-20(3)25-6-4-22(16-27(25)31-28)23-5-7-26(29-17-23)21-8-10-32(11-9-21)12-13-33/h4-7,14-17,21,31,33H,8-13H2,1-3H3. The maximum atomic E-state index is 9.14. The molecule has 1 fully saturated rings. The number of nitrogens with one attached hydrogen (secondary N) is 1. The fraction of sp³-hybridized carbons (Fsp3) is 0.357. The van der Waals surface area contributed by atoms with Crippen LogP contribution in [0.25, 0.3) is 33.3 Å². The zero-order valence-corrected chi connectivity index (χ0v) is 19.7. The topological polar surface area (TPSA) is 65.0 Å². The summed E-state index contributed by atoms with van der Waals surface area (Å²) in [5.74, 6) is 0.511. The summed E-state index contributed by atoms with van der Waals surface area (Å²) in [5.41, 5.74) is 10.3. The summed E-state index contributed by atoms with van der Waals surface area (Å²) in [7, 11) is 0. The minimum atomic E-state index is 0.242. The normalized spacial score (nSPS) is 15.4. The molecule has 0 radical (unpaired) electrons. The van der Waals surface area contributed by atoms with Crippen LogP contribution in [-0.4, -0.2) is 51.2 Å². The first-order valence-electron chi connectivity index (χ1n) is 11.9. The van der Waals surface area contributed by atoms with Crippen LogP contribution in [0.15, 0.2) is 48.7 Å². The van der Waals surface area contributed by atoms with Crippen LogP contribution in [-0.2, 0) is 0 Å². The van der Waals surface area contributed by atoms with Crippen molar-refractivity contribution in [3.8, 4) is 22.4 Å². The number of piperidine rings is 1. The molecule has 2 N–H and O–H groups in total. The fourth-order valence-corrected chi connectivity index (χ4v) is 5.20. The van der Waals surface area contributed by atoms with Gasteiger partial charge in [-0.3, -0.25) is 9.97 Å². The van der Waals surface area contributed by atoms with E-state index in [1.165, 1.54) is 27.8 Å². The quantitative estimate of drug-likeness (QED) is 0.437. The number of aliphatic hydroxyl groups excluding tert-OH is 1. The fourth-order valence-electron chi connectivity index (χ4n) is 5.20. The number of nitrogens with zero attached hydrogens (tertiary/aromatic N) is 3. The number of aromatic nitrogens is 3. The van der Waals surface area contributed by atoms with Crippen molar-refractivity contribution in [1.29, 1.82) is 0 Å². The number of aliphatic hydroxyl groups is 1. The van der Waals surface area contributed by atoms with Gasteiger partial charge >= 0.3 is 0 Å². The molecule has 5 heteroatoms. The Morgan fingerprint density at radius 3 is 2.33 bits per heavy atom. The Hall–Kier alpha value is -3.02. The lowest BCUT2D eigenvalue weighted by molar-refractivity contribution is 0.163. The van der Waals surface area contributed by atoms with Gasteiger partial charge in [-0.2, -0.15) is 0 Å². The first-order valence-corrected chi connectivity index (χ1v) is 11.9. The predicted octanol–water partition coefficient (Wildman–Crippen LogP) is 5.39. The summed E-state index contributed by atoms with van der Waals surface area (Å²) in [6, 6.07) is 15.3. The average Bonchev–Trinajstić information content (AvgIpc) is 3.15. The first kappa shape index (κ1) is 21.8. The minimum Gasteiger partial charge on any atom is -0.395 e. The van der Waals surface area contributed by atoms with Crippen molar-refractivity contribution in [2.75, 3.05) is 26.2 Å². The number of β-amino-alcohol motifs (C(OH)–C–C–N with tert-alkyl or cyclic N) is 1. The maximum Gasteiger partial charge on any atom is 0.0558 e. The molecule has 170 valence electrons. The smallest absolute Gasteiger partial charge is 0.0558 e. The highest BCUT2D eigenvalue weighted by atomic mass is 16.3. The van der Waals surface area contributed by atoms with Gasteiger partial charge in [-0.25, -0.2) is 0 Å². The van der Waals surface area contributed by atoms with E-state index in [0.29, 0.717) is 5.92 Å². The summed E-state index contributed by atoms with van der Waals surface area (Å²) in [6.07, 6.45) is 4.23. The SMILES string of the molecule is Cc1cc(-c2[nH]c3cc(-c4ccc(C5CCN(CCO)CC5)nc4)ccc3c2C)cc(C)n1. The van der Waals surface area contributed by atoms with Crippen LogP contribution in [0.3, 0.4) is 0 Å². The van der Waals surface area contributed by atoms with Crippen LogP contribution >= 0.6 is 0 Å². The van der Waals surface area contributed by atoms with Crippen LogP contribution in [0.2, 0.25) is 0 Å². The molecular weight excluding hydrogens is 408 g/mol. The van der Waals surface area contributed by atoms with E-state index in [1.807, 2.05) is 20.0 Å². The predicted molar refractivity (Wildman–Crippen MR) is 134 cm³/mol. The van der Waals surface area contributed by atoms with Gasteiger partial charge in [-0.15, -0.1) is 0 Å². The Morgan fingerprint density at radius 2 is 1.67 bits per heavy atom. The van der Waals surface area contributed by atoms with Gasteiger partial charge < -0.3 is 15.0 Å². The van der Waals surface area contributed by atoms with Gasteiger partial charge in [0, 0.05) is 63.5 Å². The molecule has 33 heavy (non-hydrogen) atoms. The zero-order chi connectivity index (χ0) is 22.9. The Kier molecular flexibility index (Phi) is 6.00. The number of aryl methyl sites for hydroxylation is 3. The number of hydrogen-bond donors (Lipinski definition) is 2. The number of hydrogen-bond acceptors (Lipinski definition) is 4. The highest BCUT2D eigenvalue weighted by Crippen LogP contribution is 2.33. The third kappa shape index (κ3) is 4.43. The monoisotopic (exact) mass is 440 g/mol. The lowest BCUT2D eigenvalue weighted by Gasteiger charge is -2.31. The Balaban J connectivity index is 1.39. The van der Waals surface area contributed by atoms with E-state index in [-0.39, 0.29) is 6.61 Å². The van der Waals surface area contributed by atoms with Crippen molar-refractivity contribution in [3.05, 3.63) is 71.3 Å². The second-order valence-electron chi connectivity index (χ2n) is 9.34. The third-order valence-corrected chi connectivity index (χ3v) is 6.97.